The van der Waals surface area contributed by atoms with Crippen molar-refractivity contribution >= 4 is 55.7 Å². The van der Waals surface area contributed by atoms with Gasteiger partial charge in [0.1, 0.15) is 11.4 Å². The predicted molar refractivity (Wildman–Crippen MR) is 138 cm³/mol. The summed E-state index contributed by atoms with van der Waals surface area (Å²) in [6.07, 6.45) is 4.34. The quantitative estimate of drug-likeness (QED) is 0.293. The first kappa shape index (κ1) is 23.5. The van der Waals surface area contributed by atoms with E-state index in [4.69, 9.17) is 5.73 Å². The number of primary amides is 1. The number of H-pyrrole nitrogens is 1. The molecule has 186 valence electrons. The van der Waals surface area contributed by atoms with Gasteiger partial charge >= 0.3 is 0 Å². The Kier molecular flexibility index (Phi) is 6.16. The van der Waals surface area contributed by atoms with E-state index < -0.39 is 15.9 Å². The average Bonchev–Trinajstić information content (AvgIpc) is 3.32. The molecule has 1 amide bonds. The first-order valence-corrected chi connectivity index (χ1v) is 13.1. The number of anilines is 5. The summed E-state index contributed by atoms with van der Waals surface area (Å²) in [5.41, 5.74) is 8.99. The number of sulfonamides is 1. The maximum Gasteiger partial charge on any atom is 0.254 e. The zero-order valence-corrected chi connectivity index (χ0v) is 20.3. The van der Waals surface area contributed by atoms with Gasteiger partial charge in [0.05, 0.1) is 18.0 Å². The van der Waals surface area contributed by atoms with Gasteiger partial charge in [-0.25, -0.2) is 13.4 Å². The number of carbonyl (C=O) groups excluding carboxylic acids is 1. The third-order valence-corrected chi connectivity index (χ3v) is 7.26. The van der Waals surface area contributed by atoms with Crippen LogP contribution in [0.25, 0.3) is 10.9 Å². The van der Waals surface area contributed by atoms with Gasteiger partial charge in [0.2, 0.25) is 16.0 Å². The molecule has 13 heteroatoms. The zero-order valence-electron chi connectivity index (χ0n) is 19.5. The molecule has 0 radical (unpaired) electrons. The molecule has 0 atom stereocenters. The van der Waals surface area contributed by atoms with Gasteiger partial charge in [-0.05, 0) is 42.5 Å². The summed E-state index contributed by atoms with van der Waals surface area (Å²) in [5.74, 6) is -0.0779. The van der Waals surface area contributed by atoms with Crippen LogP contribution in [0.3, 0.4) is 0 Å². The Balaban J connectivity index is 1.30. The number of amides is 1. The molecule has 2 aromatic carbocycles. The van der Waals surface area contributed by atoms with E-state index >= 15 is 0 Å². The van der Waals surface area contributed by atoms with Gasteiger partial charge in [-0.15, -0.1) is 0 Å². The molecule has 5 rings (SSSR count). The Bertz CT molecular complexity index is 1510. The fourth-order valence-electron chi connectivity index (χ4n) is 4.03. The molecule has 1 saturated heterocycles. The summed E-state index contributed by atoms with van der Waals surface area (Å²) in [6.45, 7) is 2.16. The highest BCUT2D eigenvalue weighted by Gasteiger charge is 2.23. The van der Waals surface area contributed by atoms with E-state index in [2.05, 4.69) is 35.7 Å². The summed E-state index contributed by atoms with van der Waals surface area (Å²) in [5, 5.41) is 14.2. The second kappa shape index (κ2) is 9.43. The van der Waals surface area contributed by atoms with Gasteiger partial charge in [-0.1, -0.05) is 0 Å². The smallest absolute Gasteiger partial charge is 0.254 e. The first-order chi connectivity index (χ1) is 17.3. The largest absolute Gasteiger partial charge is 0.369 e. The molecule has 0 bridgehead atoms. The molecule has 0 unspecified atom stereocenters. The lowest BCUT2D eigenvalue weighted by atomic mass is 10.2. The van der Waals surface area contributed by atoms with Crippen molar-refractivity contribution in [3.63, 3.8) is 0 Å². The van der Waals surface area contributed by atoms with Crippen molar-refractivity contribution in [2.45, 2.75) is 0 Å². The number of fused-ring (bicyclic) bond motifs is 1. The number of hydrogen-bond donors (Lipinski definition) is 4. The van der Waals surface area contributed by atoms with Crippen LogP contribution < -0.4 is 21.3 Å². The van der Waals surface area contributed by atoms with E-state index in [1.165, 1.54) is 16.8 Å². The van der Waals surface area contributed by atoms with Crippen molar-refractivity contribution in [3.8, 4) is 0 Å². The van der Waals surface area contributed by atoms with Crippen LogP contribution >= 0.6 is 0 Å². The fraction of sp³-hybridized carbons (Fsp3) is 0.217. The molecule has 1 fully saturated rings. The number of aromatic amines is 1. The number of nitrogens with zero attached hydrogens (tertiary/aromatic N) is 5. The van der Waals surface area contributed by atoms with E-state index in [1.54, 1.807) is 6.20 Å². The second-order valence-corrected chi connectivity index (χ2v) is 10.4. The SMILES string of the molecule is CS(=O)(=O)N1CCN(c2ccc(Nc3ncc(C(N)=O)c(Nc4ccc5cn[nH]c5c4)n3)cc2)CC1. The number of carbonyl (C=O) groups is 1. The molecule has 4 aromatic rings. The molecule has 1 aliphatic heterocycles. The molecule has 12 nitrogen and oxygen atoms in total. The van der Waals surface area contributed by atoms with Gasteiger partial charge in [0, 0.05) is 54.8 Å². The van der Waals surface area contributed by atoms with Crippen molar-refractivity contribution in [2.75, 3.05) is 48.0 Å². The molecule has 0 aliphatic carbocycles. The lowest BCUT2D eigenvalue weighted by Gasteiger charge is -2.34. The fourth-order valence-corrected chi connectivity index (χ4v) is 4.86. The Labute approximate surface area is 207 Å². The second-order valence-electron chi connectivity index (χ2n) is 8.44. The molecular weight excluding hydrogens is 482 g/mol. The number of piperazine rings is 1. The Morgan fingerprint density at radius 3 is 2.42 bits per heavy atom. The van der Waals surface area contributed by atoms with Crippen LogP contribution in [-0.4, -0.2) is 71.2 Å². The molecule has 2 aromatic heterocycles. The van der Waals surface area contributed by atoms with E-state index in [1.807, 2.05) is 42.5 Å². The normalized spacial score (nSPS) is 14.6. The number of nitrogens with one attached hydrogen (secondary N) is 3. The van der Waals surface area contributed by atoms with Crippen molar-refractivity contribution < 1.29 is 13.2 Å². The zero-order chi connectivity index (χ0) is 25.3. The summed E-state index contributed by atoms with van der Waals surface area (Å²) in [7, 11) is -3.17. The van der Waals surface area contributed by atoms with Gasteiger partial charge < -0.3 is 21.3 Å². The van der Waals surface area contributed by atoms with Crippen LogP contribution in [-0.2, 0) is 10.0 Å². The van der Waals surface area contributed by atoms with Crippen LogP contribution in [0.2, 0.25) is 0 Å². The molecule has 0 spiro atoms. The van der Waals surface area contributed by atoms with Crippen molar-refractivity contribution in [2.24, 2.45) is 5.73 Å². The standard InChI is InChI=1S/C23H25N9O3S/c1-36(34,35)32-10-8-31(9-11-32)18-6-4-16(5-7-18)28-23-25-14-19(21(24)33)22(29-23)27-17-3-2-15-13-26-30-20(15)12-17/h2-7,12-14H,8-11H2,1H3,(H2,24,33)(H,26,30)(H2,25,27,28,29). The number of benzene rings is 2. The predicted octanol–water partition coefficient (Wildman–Crippen LogP) is 2.02. The average molecular weight is 508 g/mol. The van der Waals surface area contributed by atoms with Crippen molar-refractivity contribution in [1.82, 2.24) is 24.5 Å². The monoisotopic (exact) mass is 507 g/mol. The third-order valence-electron chi connectivity index (χ3n) is 5.96. The van der Waals surface area contributed by atoms with Gasteiger partial charge in [0.25, 0.3) is 5.91 Å². The van der Waals surface area contributed by atoms with Crippen LogP contribution in [0, 0.1) is 0 Å². The van der Waals surface area contributed by atoms with Crippen LogP contribution in [0.1, 0.15) is 10.4 Å². The van der Waals surface area contributed by atoms with Crippen LogP contribution in [0.4, 0.5) is 28.8 Å². The molecule has 0 saturated carbocycles. The lowest BCUT2D eigenvalue weighted by molar-refractivity contribution is 0.100. The highest BCUT2D eigenvalue weighted by atomic mass is 32.2. The molecule has 5 N–H and O–H groups in total. The van der Waals surface area contributed by atoms with E-state index in [0.29, 0.717) is 37.8 Å². The van der Waals surface area contributed by atoms with Crippen molar-refractivity contribution in [3.05, 3.63) is 60.4 Å². The van der Waals surface area contributed by atoms with Crippen molar-refractivity contribution in [1.29, 1.82) is 0 Å². The minimum atomic E-state index is -3.17. The van der Waals surface area contributed by atoms with Gasteiger partial charge in [-0.3, -0.25) is 9.89 Å². The maximum atomic E-state index is 11.9. The summed E-state index contributed by atoms with van der Waals surface area (Å²) in [4.78, 5) is 22.8. The van der Waals surface area contributed by atoms with Gasteiger partial charge in [-0.2, -0.15) is 14.4 Å². The molecule has 36 heavy (non-hydrogen) atoms. The number of rotatable bonds is 7. The highest BCUT2D eigenvalue weighted by molar-refractivity contribution is 7.88. The Hall–Kier alpha value is -4.23. The van der Waals surface area contributed by atoms with Crippen LogP contribution in [0.5, 0.6) is 0 Å². The topological polar surface area (TPSA) is 162 Å². The summed E-state index contributed by atoms with van der Waals surface area (Å²) < 4.78 is 24.9. The third kappa shape index (κ3) is 5.06. The van der Waals surface area contributed by atoms with E-state index in [-0.39, 0.29) is 11.4 Å². The Morgan fingerprint density at radius 2 is 1.72 bits per heavy atom. The minimum absolute atomic E-state index is 0.161. The number of nitrogens with two attached hydrogens (primary N) is 1. The van der Waals surface area contributed by atoms with Crippen LogP contribution in [0.15, 0.2) is 54.9 Å². The molecular formula is C23H25N9O3S. The number of hydrogen-bond acceptors (Lipinski definition) is 9. The minimum Gasteiger partial charge on any atom is -0.369 e. The Morgan fingerprint density at radius 1 is 1.00 bits per heavy atom. The first-order valence-electron chi connectivity index (χ1n) is 11.2. The van der Waals surface area contributed by atoms with Gasteiger partial charge in [0.15, 0.2) is 0 Å². The summed E-state index contributed by atoms with van der Waals surface area (Å²) >= 11 is 0. The molecule has 3 heterocycles. The maximum absolute atomic E-state index is 11.9. The molecule has 1 aliphatic rings. The number of aromatic nitrogens is 4. The lowest BCUT2D eigenvalue weighted by Crippen LogP contribution is -2.48. The van der Waals surface area contributed by atoms with E-state index in [9.17, 15) is 13.2 Å². The van der Waals surface area contributed by atoms with E-state index in [0.717, 1.165) is 22.3 Å². The highest BCUT2D eigenvalue weighted by Crippen LogP contribution is 2.25. The summed E-state index contributed by atoms with van der Waals surface area (Å²) in [6, 6.07) is 13.3.